The van der Waals surface area contributed by atoms with Gasteiger partial charge in [0, 0.05) is 6.20 Å². The highest BCUT2D eigenvalue weighted by Crippen LogP contribution is 2.28. The zero-order valence-corrected chi connectivity index (χ0v) is 11.3. The molecule has 1 fully saturated rings. The highest BCUT2D eigenvalue weighted by molar-refractivity contribution is 5.73. The van der Waals surface area contributed by atoms with Crippen molar-refractivity contribution in [3.8, 4) is 0 Å². The second-order valence-electron chi connectivity index (χ2n) is 5.00. The lowest BCUT2D eigenvalue weighted by Gasteiger charge is -2.17. The minimum atomic E-state index is -1.68. The molecule has 0 aromatic carbocycles. The molecule has 3 heterocycles. The van der Waals surface area contributed by atoms with Crippen LogP contribution in [-0.2, 0) is 4.74 Å². The van der Waals surface area contributed by atoms with Gasteiger partial charge in [0.1, 0.15) is 18.3 Å². The highest BCUT2D eigenvalue weighted by Gasteiger charge is 2.43. The Morgan fingerprint density at radius 2 is 1.96 bits per heavy atom. The van der Waals surface area contributed by atoms with E-state index in [1.807, 2.05) is 4.98 Å². The lowest BCUT2D eigenvalue weighted by atomic mass is 10.1. The smallest absolute Gasteiger partial charge is 0.351 e. The van der Waals surface area contributed by atoms with Crippen LogP contribution >= 0.6 is 0 Å². The molecule has 1 aliphatic rings. The van der Waals surface area contributed by atoms with Gasteiger partial charge in [0.05, 0.1) is 12.0 Å². The molecule has 2 aromatic rings. The van der Waals surface area contributed by atoms with Crippen molar-refractivity contribution in [3.63, 3.8) is 0 Å². The van der Waals surface area contributed by atoms with Crippen molar-refractivity contribution in [1.82, 2.24) is 14.5 Å². The Morgan fingerprint density at radius 3 is 2.57 bits per heavy atom. The number of aromatic amines is 1. The van der Waals surface area contributed by atoms with E-state index in [0.29, 0.717) is 4.57 Å². The van der Waals surface area contributed by atoms with Crippen LogP contribution in [0, 0.1) is 11.6 Å². The first-order valence-electron chi connectivity index (χ1n) is 6.47. The van der Waals surface area contributed by atoms with E-state index in [4.69, 9.17) is 9.84 Å². The lowest BCUT2D eigenvalue weighted by Crippen LogP contribution is -2.36. The van der Waals surface area contributed by atoms with Crippen LogP contribution in [0.5, 0.6) is 0 Å². The summed E-state index contributed by atoms with van der Waals surface area (Å²) in [5, 5.41) is 28.1. The SMILES string of the molecule is O=c1[nH]c2nc(=O)n([C@@H]3O[C@H](CO)C(O)[C@@H]3O)cc2c(F)c1F. The van der Waals surface area contributed by atoms with Gasteiger partial charge in [0.25, 0.3) is 5.56 Å². The Bertz CT molecular complexity index is 881. The van der Waals surface area contributed by atoms with Crippen molar-refractivity contribution in [2.24, 2.45) is 0 Å². The van der Waals surface area contributed by atoms with Gasteiger partial charge in [0.2, 0.25) is 5.82 Å². The molecule has 0 spiro atoms. The normalized spacial score (nSPS) is 27.7. The molecule has 1 aliphatic heterocycles. The van der Waals surface area contributed by atoms with Crippen molar-refractivity contribution in [3.05, 3.63) is 38.7 Å². The maximum absolute atomic E-state index is 13.8. The molecular formula is C12H11F2N3O6. The number of H-pyrrole nitrogens is 1. The third kappa shape index (κ3) is 2.34. The van der Waals surface area contributed by atoms with Crippen LogP contribution in [0.25, 0.3) is 11.0 Å². The van der Waals surface area contributed by atoms with Gasteiger partial charge in [-0.1, -0.05) is 0 Å². The fourth-order valence-electron chi connectivity index (χ4n) is 2.40. The molecule has 4 N–H and O–H groups in total. The van der Waals surface area contributed by atoms with Crippen LogP contribution in [0.15, 0.2) is 15.8 Å². The van der Waals surface area contributed by atoms with Gasteiger partial charge in [0.15, 0.2) is 17.7 Å². The number of nitrogens with one attached hydrogen (secondary N) is 1. The Labute approximate surface area is 125 Å². The average Bonchev–Trinajstić information content (AvgIpc) is 2.80. The predicted molar refractivity (Wildman–Crippen MR) is 69.5 cm³/mol. The van der Waals surface area contributed by atoms with E-state index >= 15 is 0 Å². The summed E-state index contributed by atoms with van der Waals surface area (Å²) >= 11 is 0. The molecule has 11 heteroatoms. The Hall–Kier alpha value is -2.21. The van der Waals surface area contributed by atoms with Crippen LogP contribution in [0.3, 0.4) is 0 Å². The number of aliphatic hydroxyl groups excluding tert-OH is 3. The third-order valence-electron chi connectivity index (χ3n) is 3.60. The molecule has 2 aromatic heterocycles. The number of nitrogens with zero attached hydrogens (tertiary/aromatic N) is 2. The zero-order valence-electron chi connectivity index (χ0n) is 11.3. The van der Waals surface area contributed by atoms with Crippen LogP contribution in [-0.4, -0.2) is 54.8 Å². The summed E-state index contributed by atoms with van der Waals surface area (Å²) in [6.45, 7) is -0.624. The first-order valence-corrected chi connectivity index (χ1v) is 6.47. The number of hydrogen-bond acceptors (Lipinski definition) is 7. The van der Waals surface area contributed by atoms with Crippen molar-refractivity contribution >= 4 is 11.0 Å². The second-order valence-corrected chi connectivity index (χ2v) is 5.00. The van der Waals surface area contributed by atoms with Crippen LogP contribution < -0.4 is 11.2 Å². The molecule has 1 saturated heterocycles. The summed E-state index contributed by atoms with van der Waals surface area (Å²) < 4.78 is 32.9. The summed E-state index contributed by atoms with van der Waals surface area (Å²) in [5.41, 5.74) is -2.87. The molecule has 0 amide bonds. The summed E-state index contributed by atoms with van der Waals surface area (Å²) in [6.07, 6.45) is -4.89. The van der Waals surface area contributed by atoms with Gasteiger partial charge in [-0.15, -0.1) is 0 Å². The third-order valence-corrected chi connectivity index (χ3v) is 3.60. The van der Waals surface area contributed by atoms with Gasteiger partial charge in [-0.25, -0.2) is 9.18 Å². The molecule has 0 bridgehead atoms. The van der Waals surface area contributed by atoms with E-state index in [1.54, 1.807) is 0 Å². The molecular weight excluding hydrogens is 320 g/mol. The van der Waals surface area contributed by atoms with Gasteiger partial charge < -0.3 is 25.0 Å². The second kappa shape index (κ2) is 5.45. The largest absolute Gasteiger partial charge is 0.394 e. The summed E-state index contributed by atoms with van der Waals surface area (Å²) in [4.78, 5) is 28.4. The van der Waals surface area contributed by atoms with E-state index in [-0.39, 0.29) is 0 Å². The van der Waals surface area contributed by atoms with Gasteiger partial charge >= 0.3 is 5.69 Å². The standard InChI is InChI=1S/C12H11F2N3O6/c13-5-3-1-17(11-8(20)7(19)4(2-18)23-11)12(22)16-9(3)15-10(21)6(5)14/h1,4,7-8,11,18-20H,2H2,(H,15,16,21,22)/t4-,7?,8+,11-/m1/s1. The molecule has 1 unspecified atom stereocenters. The summed E-state index contributed by atoms with van der Waals surface area (Å²) in [5.74, 6) is -3.19. The van der Waals surface area contributed by atoms with E-state index < -0.39 is 65.1 Å². The topological polar surface area (TPSA) is 138 Å². The van der Waals surface area contributed by atoms with E-state index in [9.17, 15) is 28.6 Å². The summed E-state index contributed by atoms with van der Waals surface area (Å²) in [6, 6.07) is 0. The van der Waals surface area contributed by atoms with Gasteiger partial charge in [-0.3, -0.25) is 9.36 Å². The Balaban J connectivity index is 2.18. The fourth-order valence-corrected chi connectivity index (χ4v) is 2.40. The van der Waals surface area contributed by atoms with Crippen molar-refractivity contribution < 1.29 is 28.8 Å². The number of halogens is 2. The number of ether oxygens (including phenoxy) is 1. The van der Waals surface area contributed by atoms with Crippen molar-refractivity contribution in [2.75, 3.05) is 6.61 Å². The maximum Gasteiger partial charge on any atom is 0.351 e. The molecule has 0 saturated carbocycles. The molecule has 3 rings (SSSR count). The molecule has 9 nitrogen and oxygen atoms in total. The van der Waals surface area contributed by atoms with Crippen molar-refractivity contribution in [1.29, 1.82) is 0 Å². The summed E-state index contributed by atoms with van der Waals surface area (Å²) in [7, 11) is 0. The number of pyridine rings is 1. The molecule has 0 aliphatic carbocycles. The maximum atomic E-state index is 13.8. The lowest BCUT2D eigenvalue weighted by molar-refractivity contribution is -0.0547. The van der Waals surface area contributed by atoms with Crippen LogP contribution in [0.4, 0.5) is 8.78 Å². The highest BCUT2D eigenvalue weighted by atomic mass is 19.2. The molecule has 0 radical (unpaired) electrons. The minimum absolute atomic E-state index is 0.470. The van der Waals surface area contributed by atoms with Crippen LogP contribution in [0.2, 0.25) is 0 Å². The van der Waals surface area contributed by atoms with Gasteiger partial charge in [-0.05, 0) is 0 Å². The minimum Gasteiger partial charge on any atom is -0.394 e. The Morgan fingerprint density at radius 1 is 1.26 bits per heavy atom. The quantitative estimate of drug-likeness (QED) is 0.498. The number of hydrogen-bond donors (Lipinski definition) is 4. The number of rotatable bonds is 2. The Kier molecular flexibility index (Phi) is 3.72. The van der Waals surface area contributed by atoms with Crippen LogP contribution in [0.1, 0.15) is 6.23 Å². The molecule has 23 heavy (non-hydrogen) atoms. The average molecular weight is 331 g/mol. The molecule has 4 atom stereocenters. The van der Waals surface area contributed by atoms with E-state index in [2.05, 4.69) is 4.98 Å². The van der Waals surface area contributed by atoms with Crippen molar-refractivity contribution in [2.45, 2.75) is 24.5 Å². The monoisotopic (exact) mass is 331 g/mol. The number of aliphatic hydroxyl groups is 3. The van der Waals surface area contributed by atoms with E-state index in [1.165, 1.54) is 0 Å². The molecule has 124 valence electrons. The number of fused-ring (bicyclic) bond motifs is 1. The zero-order chi connectivity index (χ0) is 16.9. The van der Waals surface area contributed by atoms with E-state index in [0.717, 1.165) is 6.20 Å². The number of aromatic nitrogens is 3. The van der Waals surface area contributed by atoms with Gasteiger partial charge in [-0.2, -0.15) is 9.37 Å². The predicted octanol–water partition coefficient (Wildman–Crippen LogP) is -2.03. The first-order chi connectivity index (χ1) is 10.8. The first kappa shape index (κ1) is 15.7. The fraction of sp³-hybridized carbons (Fsp3) is 0.417.